The van der Waals surface area contributed by atoms with Gasteiger partial charge in [0.2, 0.25) is 5.43 Å². The van der Waals surface area contributed by atoms with Gasteiger partial charge >= 0.3 is 6.16 Å². The molecule has 2 aromatic heterocycles. The highest BCUT2D eigenvalue weighted by Gasteiger charge is 2.19. The number of carbonyl (C=O) groups is 1. The minimum Gasteiger partial charge on any atom is -0.449 e. The van der Waals surface area contributed by atoms with Crippen molar-refractivity contribution >= 4 is 28.8 Å². The summed E-state index contributed by atoms with van der Waals surface area (Å²) in [5, 5.41) is 8.60. The molecule has 1 aromatic carbocycles. The molecule has 0 bridgehead atoms. The smallest absolute Gasteiger partial charge is 0.449 e. The van der Waals surface area contributed by atoms with E-state index >= 15 is 0 Å². The van der Waals surface area contributed by atoms with Gasteiger partial charge in [-0.25, -0.2) is 18.6 Å². The summed E-state index contributed by atoms with van der Waals surface area (Å²) < 4.78 is 33.5. The van der Waals surface area contributed by atoms with Crippen LogP contribution in [0.5, 0.6) is 5.75 Å². The molecule has 0 spiro atoms. The topological polar surface area (TPSA) is 81.4 Å². The van der Waals surface area contributed by atoms with Gasteiger partial charge in [0.05, 0.1) is 11.6 Å². The molecular formula is C15H7ClF2N2O4. The minimum atomic E-state index is -1.74. The molecule has 0 fully saturated rings. The predicted molar refractivity (Wildman–Crippen MR) is 80.9 cm³/mol. The Morgan fingerprint density at radius 2 is 1.88 bits per heavy atom. The Hall–Kier alpha value is -3.00. The highest BCUT2D eigenvalue weighted by Crippen LogP contribution is 2.24. The van der Waals surface area contributed by atoms with Crippen LogP contribution in [0.1, 0.15) is 0 Å². The van der Waals surface area contributed by atoms with Crippen molar-refractivity contribution in [3.63, 3.8) is 0 Å². The van der Waals surface area contributed by atoms with E-state index in [2.05, 4.69) is 9.72 Å². The SMILES string of the molecule is O=C(O)Oc1cn(-c2c(F)cccc2F)c2nc(Cl)ccc2c1=O. The van der Waals surface area contributed by atoms with E-state index in [1.54, 1.807) is 0 Å². The molecule has 9 heteroatoms. The van der Waals surface area contributed by atoms with Gasteiger partial charge in [-0.15, -0.1) is 0 Å². The standard InChI is InChI=1S/C15H7ClF2N2O4/c16-11-5-4-7-13(21)10(24-15(22)23)6-20(14(7)19-11)12-8(17)2-1-3-9(12)18/h1-6H,(H,22,23). The fourth-order valence-corrected chi connectivity index (χ4v) is 2.36. The molecule has 3 aromatic rings. The molecular weight excluding hydrogens is 346 g/mol. The lowest BCUT2D eigenvalue weighted by Gasteiger charge is -2.13. The highest BCUT2D eigenvalue weighted by molar-refractivity contribution is 6.29. The molecule has 3 rings (SSSR count). The van der Waals surface area contributed by atoms with Crippen LogP contribution in [-0.2, 0) is 0 Å². The van der Waals surface area contributed by atoms with Crippen LogP contribution in [0, 0.1) is 11.6 Å². The first-order chi connectivity index (χ1) is 11.4. The second kappa shape index (κ2) is 5.89. The quantitative estimate of drug-likeness (QED) is 0.565. The molecule has 0 atom stereocenters. The number of benzene rings is 1. The number of para-hydroxylation sites is 1. The third-order valence-corrected chi connectivity index (χ3v) is 3.37. The number of pyridine rings is 2. The fraction of sp³-hybridized carbons (Fsp3) is 0. The van der Waals surface area contributed by atoms with Gasteiger partial charge in [0, 0.05) is 0 Å². The molecule has 0 unspecified atom stereocenters. The van der Waals surface area contributed by atoms with E-state index in [0.717, 1.165) is 29.0 Å². The van der Waals surface area contributed by atoms with Gasteiger partial charge in [0.1, 0.15) is 22.5 Å². The van der Waals surface area contributed by atoms with E-state index in [9.17, 15) is 18.4 Å². The van der Waals surface area contributed by atoms with Crippen LogP contribution in [0.15, 0.2) is 41.3 Å². The lowest BCUT2D eigenvalue weighted by atomic mass is 10.2. The van der Waals surface area contributed by atoms with Gasteiger partial charge < -0.3 is 9.84 Å². The van der Waals surface area contributed by atoms with Crippen LogP contribution in [-0.4, -0.2) is 20.8 Å². The molecule has 0 aliphatic rings. The lowest BCUT2D eigenvalue weighted by molar-refractivity contribution is 0.144. The summed E-state index contributed by atoms with van der Waals surface area (Å²) in [5.74, 6) is -2.51. The number of hydrogen-bond acceptors (Lipinski definition) is 4. The van der Waals surface area contributed by atoms with Gasteiger partial charge in [0.25, 0.3) is 0 Å². The van der Waals surface area contributed by atoms with E-state index < -0.39 is 34.7 Å². The Morgan fingerprint density at radius 1 is 1.21 bits per heavy atom. The predicted octanol–water partition coefficient (Wildman–Crippen LogP) is 3.37. The monoisotopic (exact) mass is 352 g/mol. The lowest BCUT2D eigenvalue weighted by Crippen LogP contribution is -2.17. The van der Waals surface area contributed by atoms with E-state index in [-0.39, 0.29) is 16.2 Å². The highest BCUT2D eigenvalue weighted by atomic mass is 35.5. The number of hydrogen-bond donors (Lipinski definition) is 1. The van der Waals surface area contributed by atoms with Crippen LogP contribution < -0.4 is 10.2 Å². The van der Waals surface area contributed by atoms with Crippen molar-refractivity contribution in [3.8, 4) is 11.4 Å². The first kappa shape index (κ1) is 15.9. The van der Waals surface area contributed by atoms with Gasteiger partial charge in [-0.1, -0.05) is 17.7 Å². The van der Waals surface area contributed by atoms with Crippen LogP contribution in [0.2, 0.25) is 5.15 Å². The Kier molecular flexibility index (Phi) is 3.90. The number of halogens is 3. The average molecular weight is 353 g/mol. The summed E-state index contributed by atoms with van der Waals surface area (Å²) in [4.78, 5) is 26.9. The van der Waals surface area contributed by atoms with Crippen molar-refractivity contribution in [2.24, 2.45) is 0 Å². The van der Waals surface area contributed by atoms with Gasteiger partial charge in [-0.3, -0.25) is 9.36 Å². The number of fused-ring (bicyclic) bond motifs is 1. The van der Waals surface area contributed by atoms with E-state index in [0.29, 0.717) is 0 Å². The molecule has 24 heavy (non-hydrogen) atoms. The van der Waals surface area contributed by atoms with Crippen molar-refractivity contribution in [1.29, 1.82) is 0 Å². The molecule has 0 radical (unpaired) electrons. The number of ether oxygens (including phenoxy) is 1. The van der Waals surface area contributed by atoms with Gasteiger partial charge in [0.15, 0.2) is 11.4 Å². The van der Waals surface area contributed by atoms with E-state index in [4.69, 9.17) is 16.7 Å². The number of carboxylic acid groups (broad SMARTS) is 1. The number of nitrogens with zero attached hydrogens (tertiary/aromatic N) is 2. The molecule has 122 valence electrons. The van der Waals surface area contributed by atoms with Crippen molar-refractivity contribution < 1.29 is 23.4 Å². The largest absolute Gasteiger partial charge is 0.511 e. The molecule has 0 amide bonds. The molecule has 0 saturated heterocycles. The van der Waals surface area contributed by atoms with Gasteiger partial charge in [-0.05, 0) is 24.3 Å². The maximum absolute atomic E-state index is 14.1. The molecule has 6 nitrogen and oxygen atoms in total. The van der Waals surface area contributed by atoms with E-state index in [1.165, 1.54) is 12.1 Å². The van der Waals surface area contributed by atoms with Crippen LogP contribution in [0.4, 0.5) is 13.6 Å². The summed E-state index contributed by atoms with van der Waals surface area (Å²) in [6, 6.07) is 5.72. The first-order valence-corrected chi connectivity index (χ1v) is 6.83. The molecule has 0 aliphatic heterocycles. The van der Waals surface area contributed by atoms with Crippen molar-refractivity contribution in [3.05, 3.63) is 63.5 Å². The van der Waals surface area contributed by atoms with Gasteiger partial charge in [-0.2, -0.15) is 0 Å². The molecule has 2 heterocycles. The summed E-state index contributed by atoms with van der Waals surface area (Å²) in [7, 11) is 0. The number of rotatable bonds is 2. The fourth-order valence-electron chi connectivity index (χ4n) is 2.21. The second-order valence-corrected chi connectivity index (χ2v) is 5.02. The van der Waals surface area contributed by atoms with E-state index in [1.807, 2.05) is 0 Å². The third kappa shape index (κ3) is 2.67. The third-order valence-electron chi connectivity index (χ3n) is 3.16. The minimum absolute atomic E-state index is 0.0145. The van der Waals surface area contributed by atoms with Crippen LogP contribution in [0.25, 0.3) is 16.7 Å². The molecule has 1 N–H and O–H groups in total. The molecule has 0 saturated carbocycles. The summed E-state index contributed by atoms with van der Waals surface area (Å²) in [5.41, 5.74) is -1.49. The Balaban J connectivity index is 2.46. The zero-order valence-electron chi connectivity index (χ0n) is 11.7. The zero-order chi connectivity index (χ0) is 17.4. The Bertz CT molecular complexity index is 1020. The van der Waals surface area contributed by atoms with Crippen molar-refractivity contribution in [2.45, 2.75) is 0 Å². The summed E-state index contributed by atoms with van der Waals surface area (Å²) in [6.45, 7) is 0. The number of aromatic nitrogens is 2. The molecule has 0 aliphatic carbocycles. The Morgan fingerprint density at radius 3 is 2.50 bits per heavy atom. The van der Waals surface area contributed by atoms with Crippen molar-refractivity contribution in [2.75, 3.05) is 0 Å². The summed E-state index contributed by atoms with van der Waals surface area (Å²) in [6.07, 6.45) is -0.891. The second-order valence-electron chi connectivity index (χ2n) is 4.64. The zero-order valence-corrected chi connectivity index (χ0v) is 12.4. The summed E-state index contributed by atoms with van der Waals surface area (Å²) >= 11 is 5.79. The Labute approximate surface area is 137 Å². The van der Waals surface area contributed by atoms with Crippen LogP contribution >= 0.6 is 11.6 Å². The van der Waals surface area contributed by atoms with Crippen molar-refractivity contribution in [1.82, 2.24) is 9.55 Å². The van der Waals surface area contributed by atoms with Crippen LogP contribution in [0.3, 0.4) is 0 Å². The normalized spacial score (nSPS) is 10.8. The average Bonchev–Trinajstić information content (AvgIpc) is 2.50. The maximum atomic E-state index is 14.1. The first-order valence-electron chi connectivity index (χ1n) is 6.45. The maximum Gasteiger partial charge on any atom is 0.511 e.